The molecule has 0 radical (unpaired) electrons. The monoisotopic (exact) mass is 472 g/mol. The lowest BCUT2D eigenvalue weighted by atomic mass is 10.2. The maximum Gasteiger partial charge on any atom is 0.339 e. The van der Waals surface area contributed by atoms with Crippen molar-refractivity contribution in [1.82, 2.24) is 9.88 Å². The summed E-state index contributed by atoms with van der Waals surface area (Å²) in [5, 5.41) is 3.28. The molecule has 3 aromatic rings. The first-order chi connectivity index (χ1) is 15.1. The summed E-state index contributed by atoms with van der Waals surface area (Å²) in [7, 11) is 0. The molecule has 0 atom stereocenters. The van der Waals surface area contributed by atoms with Crippen LogP contribution >= 0.6 is 34.7 Å². The second-order valence-corrected chi connectivity index (χ2v) is 9.36. The maximum absolute atomic E-state index is 12.7. The summed E-state index contributed by atoms with van der Waals surface area (Å²) >= 11 is 9.07. The highest BCUT2D eigenvalue weighted by Gasteiger charge is 2.20. The Bertz CT molecular complexity index is 1080. The maximum atomic E-state index is 12.7. The van der Waals surface area contributed by atoms with Crippen molar-refractivity contribution in [2.75, 3.05) is 18.8 Å². The van der Waals surface area contributed by atoms with Crippen LogP contribution < -0.4 is 0 Å². The topological polar surface area (TPSA) is 59.5 Å². The van der Waals surface area contributed by atoms with Gasteiger partial charge in [0.05, 0.1) is 22.0 Å². The Morgan fingerprint density at radius 1 is 1.10 bits per heavy atom. The minimum Gasteiger partial charge on any atom is -0.456 e. The number of nitrogens with zero attached hydrogens (tertiary/aromatic N) is 2. The number of likely N-dealkylation sites (tertiary alicyclic amines) is 1. The number of hydrogen-bond acceptors (Lipinski definition) is 6. The summed E-state index contributed by atoms with van der Waals surface area (Å²) in [6, 6.07) is 14.7. The van der Waals surface area contributed by atoms with Crippen LogP contribution in [0.15, 0.2) is 58.8 Å². The van der Waals surface area contributed by atoms with E-state index in [0.717, 1.165) is 41.4 Å². The quantitative estimate of drug-likeness (QED) is 0.334. The van der Waals surface area contributed by atoms with Crippen LogP contribution in [0.4, 0.5) is 0 Å². The molecule has 160 valence electrons. The molecular weight excluding hydrogens is 452 g/mol. The summed E-state index contributed by atoms with van der Waals surface area (Å²) in [6.07, 6.45) is 2.13. The number of thioether (sulfide) groups is 1. The number of hydrogen-bond donors (Lipinski definition) is 0. The van der Waals surface area contributed by atoms with Gasteiger partial charge in [0.1, 0.15) is 11.6 Å². The fourth-order valence-corrected chi connectivity index (χ4v) is 5.38. The highest BCUT2D eigenvalue weighted by atomic mass is 35.5. The third kappa shape index (κ3) is 5.47. The van der Waals surface area contributed by atoms with Crippen LogP contribution in [0.25, 0.3) is 10.6 Å². The van der Waals surface area contributed by atoms with Gasteiger partial charge in [-0.2, -0.15) is 0 Å². The number of halogens is 1. The number of amides is 1. The van der Waals surface area contributed by atoms with Gasteiger partial charge in [-0.15, -0.1) is 23.1 Å². The molecule has 0 unspecified atom stereocenters. The Kier molecular flexibility index (Phi) is 7.27. The average Bonchev–Trinajstić information content (AvgIpc) is 3.49. The molecule has 5 nitrogen and oxygen atoms in total. The molecule has 0 N–H and O–H groups in total. The van der Waals surface area contributed by atoms with Crippen LogP contribution in [-0.2, 0) is 16.1 Å². The Morgan fingerprint density at radius 3 is 2.65 bits per heavy atom. The molecule has 1 fully saturated rings. The third-order valence-electron chi connectivity index (χ3n) is 4.92. The highest BCUT2D eigenvalue weighted by Crippen LogP contribution is 2.30. The molecule has 1 aromatic heterocycles. The SMILES string of the molecule is O=C(OCc1csc(-c2ccccc2Cl)n1)c1ccccc1SCC(=O)N1CCCC1. The standard InChI is InChI=1S/C23H21ClN2O3S2/c24-19-9-3-1-7-17(19)22-25-16(14-31-22)13-29-23(28)18-8-2-4-10-20(18)30-15-21(27)26-11-5-6-12-26/h1-4,7-10,14H,5-6,11-13,15H2. The molecule has 0 saturated carbocycles. The van der Waals surface area contributed by atoms with E-state index in [1.165, 1.54) is 23.1 Å². The molecule has 0 aliphatic carbocycles. The van der Waals surface area contributed by atoms with Crippen molar-refractivity contribution >= 4 is 46.6 Å². The van der Waals surface area contributed by atoms with Crippen LogP contribution in [0.5, 0.6) is 0 Å². The first kappa shape index (κ1) is 21.9. The van der Waals surface area contributed by atoms with E-state index in [-0.39, 0.29) is 12.5 Å². The van der Waals surface area contributed by atoms with Crippen molar-refractivity contribution in [3.05, 3.63) is 70.2 Å². The number of carbonyl (C=O) groups excluding carboxylic acids is 2. The van der Waals surface area contributed by atoms with E-state index in [9.17, 15) is 9.59 Å². The fourth-order valence-electron chi connectivity index (χ4n) is 3.31. The molecule has 4 rings (SSSR count). The molecule has 2 aromatic carbocycles. The van der Waals surface area contributed by atoms with Gasteiger partial charge in [-0.1, -0.05) is 41.9 Å². The van der Waals surface area contributed by atoms with E-state index in [0.29, 0.717) is 22.0 Å². The Hall–Kier alpha value is -2.35. The molecule has 1 aliphatic heterocycles. The summed E-state index contributed by atoms with van der Waals surface area (Å²) in [5.41, 5.74) is 1.99. The normalized spacial score (nSPS) is 13.4. The van der Waals surface area contributed by atoms with Gasteiger partial charge in [-0.3, -0.25) is 4.79 Å². The van der Waals surface area contributed by atoms with Gasteiger partial charge in [0.2, 0.25) is 5.91 Å². The van der Waals surface area contributed by atoms with E-state index in [2.05, 4.69) is 4.98 Å². The van der Waals surface area contributed by atoms with Gasteiger partial charge in [0.25, 0.3) is 0 Å². The predicted octanol–water partition coefficient (Wildman–Crippen LogP) is 5.54. The van der Waals surface area contributed by atoms with Crippen LogP contribution in [0.2, 0.25) is 5.02 Å². The number of thiazole rings is 1. The van der Waals surface area contributed by atoms with Crippen LogP contribution in [0.3, 0.4) is 0 Å². The zero-order valence-corrected chi connectivity index (χ0v) is 19.1. The molecule has 31 heavy (non-hydrogen) atoms. The van der Waals surface area contributed by atoms with Gasteiger partial charge in [0.15, 0.2) is 0 Å². The van der Waals surface area contributed by atoms with Crippen LogP contribution in [0.1, 0.15) is 28.9 Å². The first-order valence-electron chi connectivity index (χ1n) is 9.98. The van der Waals surface area contributed by atoms with Gasteiger partial charge < -0.3 is 9.64 Å². The number of esters is 1. The predicted molar refractivity (Wildman–Crippen MR) is 125 cm³/mol. The minimum absolute atomic E-state index is 0.0749. The van der Waals surface area contributed by atoms with E-state index in [1.54, 1.807) is 12.1 Å². The fraction of sp³-hybridized carbons (Fsp3) is 0.261. The lowest BCUT2D eigenvalue weighted by Gasteiger charge is -2.15. The van der Waals surface area contributed by atoms with Crippen molar-refractivity contribution < 1.29 is 14.3 Å². The smallest absolute Gasteiger partial charge is 0.339 e. The summed E-state index contributed by atoms with van der Waals surface area (Å²) < 4.78 is 5.50. The van der Waals surface area contributed by atoms with Gasteiger partial charge >= 0.3 is 5.97 Å². The molecule has 1 saturated heterocycles. The average molecular weight is 473 g/mol. The zero-order chi connectivity index (χ0) is 21.6. The van der Waals surface area contributed by atoms with Crippen molar-refractivity contribution in [1.29, 1.82) is 0 Å². The second kappa shape index (κ2) is 10.3. The van der Waals surface area contributed by atoms with Crippen molar-refractivity contribution in [2.45, 2.75) is 24.3 Å². The largest absolute Gasteiger partial charge is 0.456 e. The molecule has 8 heteroatoms. The Labute approximate surface area is 194 Å². The van der Waals surface area contributed by atoms with Crippen LogP contribution in [0, 0.1) is 0 Å². The second-order valence-electron chi connectivity index (χ2n) is 7.07. The molecule has 0 spiro atoms. The molecular formula is C23H21ClN2O3S2. The van der Waals surface area contributed by atoms with Crippen molar-refractivity contribution in [3.63, 3.8) is 0 Å². The summed E-state index contributed by atoms with van der Waals surface area (Å²) in [4.78, 5) is 32.2. The van der Waals surface area contributed by atoms with Crippen molar-refractivity contribution in [3.8, 4) is 10.6 Å². The highest BCUT2D eigenvalue weighted by molar-refractivity contribution is 8.00. The third-order valence-corrected chi connectivity index (χ3v) is 7.24. The lowest BCUT2D eigenvalue weighted by Crippen LogP contribution is -2.29. The van der Waals surface area contributed by atoms with Gasteiger partial charge in [0, 0.05) is 28.9 Å². The van der Waals surface area contributed by atoms with E-state index in [4.69, 9.17) is 16.3 Å². The summed E-state index contributed by atoms with van der Waals surface area (Å²) in [6.45, 7) is 1.73. The number of ether oxygens (including phenoxy) is 1. The Balaban J connectivity index is 1.37. The van der Waals surface area contributed by atoms with Crippen molar-refractivity contribution in [2.24, 2.45) is 0 Å². The number of benzene rings is 2. The Morgan fingerprint density at radius 2 is 1.84 bits per heavy atom. The zero-order valence-electron chi connectivity index (χ0n) is 16.8. The number of aromatic nitrogens is 1. The first-order valence-corrected chi connectivity index (χ1v) is 12.2. The summed E-state index contributed by atoms with van der Waals surface area (Å²) in [5.74, 6) is 0.00154. The molecule has 2 heterocycles. The molecule has 1 amide bonds. The van der Waals surface area contributed by atoms with E-state index >= 15 is 0 Å². The minimum atomic E-state index is -0.427. The van der Waals surface area contributed by atoms with Gasteiger partial charge in [-0.05, 0) is 31.0 Å². The molecule has 0 bridgehead atoms. The van der Waals surface area contributed by atoms with Crippen LogP contribution in [-0.4, -0.2) is 40.6 Å². The van der Waals surface area contributed by atoms with E-state index in [1.807, 2.05) is 46.7 Å². The number of rotatable bonds is 7. The van der Waals surface area contributed by atoms with Gasteiger partial charge in [-0.25, -0.2) is 9.78 Å². The lowest BCUT2D eigenvalue weighted by molar-refractivity contribution is -0.127. The number of carbonyl (C=O) groups is 2. The van der Waals surface area contributed by atoms with E-state index < -0.39 is 5.97 Å². The molecule has 1 aliphatic rings.